The molecule has 1 heterocycles. The number of methoxy groups -OCH3 is 1. The van der Waals surface area contributed by atoms with Gasteiger partial charge in [-0.25, -0.2) is 0 Å². The van der Waals surface area contributed by atoms with Crippen LogP contribution in [-0.2, 0) is 14.3 Å². The van der Waals surface area contributed by atoms with Crippen LogP contribution in [0.4, 0.5) is 0 Å². The van der Waals surface area contributed by atoms with Gasteiger partial charge in [-0.1, -0.05) is 36.4 Å². The highest BCUT2D eigenvalue weighted by atomic mass is 16.5. The van der Waals surface area contributed by atoms with Crippen LogP contribution >= 0.6 is 0 Å². The number of carbonyl (C=O) groups is 1. The molecule has 4 rings (SSSR count). The molecule has 3 N–H and O–H groups in total. The standard InChI is InChI=1S/C29H40N2O5/c1-20-9-3-5-12-26(20)36-27-13-6-4-11-23(27)28(35-16-8-15-34-2)21-10-7-14-31(19-21)29(33)22-17-24(30)25(32)18-22/h3-6,9,11-13,21-22,24-25,28,32H,7-8,10,14-19,30H2,1-2H3/t21-,22+,24-,25+,28+/m1/s1. The Labute approximate surface area is 214 Å². The lowest BCUT2D eigenvalue weighted by Gasteiger charge is -2.38. The highest BCUT2D eigenvalue weighted by Gasteiger charge is 2.39. The first-order valence-electron chi connectivity index (χ1n) is 13.1. The van der Waals surface area contributed by atoms with Gasteiger partial charge in [0, 0.05) is 56.9 Å². The predicted molar refractivity (Wildman–Crippen MR) is 139 cm³/mol. The van der Waals surface area contributed by atoms with E-state index >= 15 is 0 Å². The number of amides is 1. The van der Waals surface area contributed by atoms with Crippen LogP contribution in [0.5, 0.6) is 11.5 Å². The number of likely N-dealkylation sites (tertiary alicyclic amines) is 1. The van der Waals surface area contributed by atoms with Crippen molar-refractivity contribution in [1.82, 2.24) is 4.90 Å². The number of aliphatic hydroxyl groups is 1. The third kappa shape index (κ3) is 6.45. The maximum atomic E-state index is 13.3. The lowest BCUT2D eigenvalue weighted by molar-refractivity contribution is -0.139. The maximum absolute atomic E-state index is 13.3. The van der Waals surface area contributed by atoms with E-state index in [1.807, 2.05) is 54.3 Å². The summed E-state index contributed by atoms with van der Waals surface area (Å²) in [6, 6.07) is 15.7. The van der Waals surface area contributed by atoms with E-state index in [-0.39, 0.29) is 29.9 Å². The number of aliphatic hydroxyl groups excluding tert-OH is 1. The Bertz CT molecular complexity index is 989. The fourth-order valence-corrected chi connectivity index (χ4v) is 5.46. The summed E-state index contributed by atoms with van der Waals surface area (Å²) in [5.74, 6) is 1.63. The van der Waals surface area contributed by atoms with Crippen LogP contribution in [0.3, 0.4) is 0 Å². The van der Waals surface area contributed by atoms with Crippen molar-refractivity contribution in [1.29, 1.82) is 0 Å². The molecule has 7 heteroatoms. The number of carbonyl (C=O) groups excluding carboxylic acids is 1. The minimum Gasteiger partial charge on any atom is -0.457 e. The molecule has 2 aromatic rings. The molecule has 2 aromatic carbocycles. The van der Waals surface area contributed by atoms with E-state index in [1.54, 1.807) is 7.11 Å². The summed E-state index contributed by atoms with van der Waals surface area (Å²) in [4.78, 5) is 15.3. The molecule has 5 atom stereocenters. The van der Waals surface area contributed by atoms with Crippen LogP contribution in [0.15, 0.2) is 48.5 Å². The number of para-hydroxylation sites is 2. The molecule has 0 aromatic heterocycles. The summed E-state index contributed by atoms with van der Waals surface area (Å²) in [6.45, 7) is 4.58. The van der Waals surface area contributed by atoms with Crippen LogP contribution in [-0.4, -0.2) is 61.5 Å². The molecule has 1 aliphatic heterocycles. The number of ether oxygens (including phenoxy) is 3. The number of piperidine rings is 1. The second-order valence-electron chi connectivity index (χ2n) is 10.1. The van der Waals surface area contributed by atoms with Gasteiger partial charge in [-0.15, -0.1) is 0 Å². The van der Waals surface area contributed by atoms with Crippen molar-refractivity contribution in [3.8, 4) is 11.5 Å². The highest BCUT2D eigenvalue weighted by Crippen LogP contribution is 2.40. The zero-order valence-electron chi connectivity index (χ0n) is 21.5. The number of benzene rings is 2. The van der Waals surface area contributed by atoms with Gasteiger partial charge in [-0.2, -0.15) is 0 Å². The van der Waals surface area contributed by atoms with Crippen LogP contribution in [0.2, 0.25) is 0 Å². The summed E-state index contributed by atoms with van der Waals surface area (Å²) in [6.07, 6.45) is 2.86. The minimum absolute atomic E-state index is 0.106. The van der Waals surface area contributed by atoms with Crippen molar-refractivity contribution >= 4 is 5.91 Å². The van der Waals surface area contributed by atoms with Gasteiger partial charge >= 0.3 is 0 Å². The van der Waals surface area contributed by atoms with E-state index in [9.17, 15) is 9.90 Å². The van der Waals surface area contributed by atoms with E-state index in [2.05, 4.69) is 6.07 Å². The molecule has 196 valence electrons. The van der Waals surface area contributed by atoms with Crippen LogP contribution in [0.1, 0.15) is 49.3 Å². The first-order valence-corrected chi connectivity index (χ1v) is 13.1. The molecular weight excluding hydrogens is 456 g/mol. The molecular formula is C29H40N2O5. The lowest BCUT2D eigenvalue weighted by atomic mass is 9.87. The van der Waals surface area contributed by atoms with E-state index in [0.717, 1.165) is 48.4 Å². The Hall–Kier alpha value is -2.45. The molecule has 0 bridgehead atoms. The third-order valence-electron chi connectivity index (χ3n) is 7.45. The van der Waals surface area contributed by atoms with Crippen molar-refractivity contribution in [2.24, 2.45) is 17.6 Å². The summed E-state index contributed by atoms with van der Waals surface area (Å²) < 4.78 is 18.1. The maximum Gasteiger partial charge on any atom is 0.225 e. The zero-order valence-corrected chi connectivity index (χ0v) is 21.5. The second-order valence-corrected chi connectivity index (χ2v) is 10.1. The third-order valence-corrected chi connectivity index (χ3v) is 7.45. The molecule has 1 amide bonds. The first-order chi connectivity index (χ1) is 17.5. The number of hydrogen-bond donors (Lipinski definition) is 2. The van der Waals surface area contributed by atoms with Crippen molar-refractivity contribution in [2.45, 2.75) is 57.3 Å². The molecule has 1 saturated carbocycles. The smallest absolute Gasteiger partial charge is 0.225 e. The van der Waals surface area contributed by atoms with Gasteiger partial charge in [0.1, 0.15) is 11.5 Å². The first kappa shape index (κ1) is 26.6. The average Bonchev–Trinajstić information content (AvgIpc) is 3.23. The largest absolute Gasteiger partial charge is 0.457 e. The molecule has 1 aliphatic carbocycles. The fourth-order valence-electron chi connectivity index (χ4n) is 5.46. The van der Waals surface area contributed by atoms with Gasteiger partial charge in [0.2, 0.25) is 5.91 Å². The fraction of sp³-hybridized carbons (Fsp3) is 0.552. The van der Waals surface area contributed by atoms with Gasteiger partial charge in [0.15, 0.2) is 0 Å². The highest BCUT2D eigenvalue weighted by molar-refractivity contribution is 5.79. The average molecular weight is 497 g/mol. The van der Waals surface area contributed by atoms with E-state index in [1.165, 1.54) is 0 Å². The number of hydrogen-bond acceptors (Lipinski definition) is 6. The van der Waals surface area contributed by atoms with Crippen molar-refractivity contribution in [3.63, 3.8) is 0 Å². The predicted octanol–water partition coefficient (Wildman–Crippen LogP) is 4.22. The molecule has 7 nitrogen and oxygen atoms in total. The van der Waals surface area contributed by atoms with Crippen LogP contribution < -0.4 is 10.5 Å². The SMILES string of the molecule is COCCCO[C@H](c1ccccc1Oc1ccccc1C)[C@@H]1CCCN(C(=O)[C@H]2C[C@@H](N)[C@@H](O)C2)C1. The zero-order chi connectivity index (χ0) is 25.5. The Balaban J connectivity index is 1.55. The quantitative estimate of drug-likeness (QED) is 0.479. The van der Waals surface area contributed by atoms with Gasteiger partial charge in [-0.3, -0.25) is 4.79 Å². The topological polar surface area (TPSA) is 94.2 Å². The number of aryl methyl sites for hydroxylation is 1. The van der Waals surface area contributed by atoms with Gasteiger partial charge < -0.3 is 30.0 Å². The van der Waals surface area contributed by atoms with E-state index in [4.69, 9.17) is 19.9 Å². The molecule has 0 unspecified atom stereocenters. The van der Waals surface area contributed by atoms with Crippen molar-refractivity contribution in [2.75, 3.05) is 33.4 Å². The Morgan fingerprint density at radius 3 is 2.58 bits per heavy atom. The van der Waals surface area contributed by atoms with Crippen molar-refractivity contribution in [3.05, 3.63) is 59.7 Å². The summed E-state index contributed by atoms with van der Waals surface area (Å²) in [5.41, 5.74) is 8.05. The molecule has 36 heavy (non-hydrogen) atoms. The Morgan fingerprint density at radius 1 is 1.11 bits per heavy atom. The normalized spacial score (nSPS) is 25.1. The minimum atomic E-state index is -0.595. The lowest BCUT2D eigenvalue weighted by Crippen LogP contribution is -2.44. The van der Waals surface area contributed by atoms with E-state index < -0.39 is 6.10 Å². The summed E-state index contributed by atoms with van der Waals surface area (Å²) in [7, 11) is 1.69. The molecule has 0 spiro atoms. The molecule has 2 fully saturated rings. The molecule has 0 radical (unpaired) electrons. The summed E-state index contributed by atoms with van der Waals surface area (Å²) in [5, 5.41) is 10.1. The number of rotatable bonds is 10. The monoisotopic (exact) mass is 496 g/mol. The summed E-state index contributed by atoms with van der Waals surface area (Å²) >= 11 is 0. The molecule has 1 saturated heterocycles. The number of nitrogens with zero attached hydrogens (tertiary/aromatic N) is 1. The van der Waals surface area contributed by atoms with Gasteiger partial charge in [-0.05, 0) is 56.7 Å². The Kier molecular flexibility index (Phi) is 9.37. The number of nitrogens with two attached hydrogens (primary N) is 1. The second kappa shape index (κ2) is 12.7. The van der Waals surface area contributed by atoms with E-state index in [0.29, 0.717) is 32.6 Å². The van der Waals surface area contributed by atoms with Crippen LogP contribution in [0.25, 0.3) is 0 Å². The van der Waals surface area contributed by atoms with Gasteiger partial charge in [0.25, 0.3) is 0 Å². The Morgan fingerprint density at radius 2 is 1.86 bits per heavy atom. The molecule has 2 aliphatic rings. The van der Waals surface area contributed by atoms with Crippen LogP contribution in [0, 0.1) is 18.8 Å². The van der Waals surface area contributed by atoms with Crippen molar-refractivity contribution < 1.29 is 24.1 Å². The van der Waals surface area contributed by atoms with Gasteiger partial charge in [0.05, 0.1) is 12.2 Å².